The molecule has 2 aliphatic rings. The van der Waals surface area contributed by atoms with Crippen molar-refractivity contribution < 1.29 is 14.3 Å². The number of para-hydroxylation sites is 2. The average Bonchev–Trinajstić information content (AvgIpc) is 3.02. The molecule has 0 bridgehead atoms. The third-order valence-electron chi connectivity index (χ3n) is 4.33. The van der Waals surface area contributed by atoms with Crippen LogP contribution in [0.5, 0.6) is 5.75 Å². The number of likely N-dealkylation sites (tertiary alicyclic amines) is 1. The van der Waals surface area contributed by atoms with Gasteiger partial charge in [-0.15, -0.1) is 12.4 Å². The highest BCUT2D eigenvalue weighted by Crippen LogP contribution is 2.31. The molecule has 2 N–H and O–H groups in total. The normalized spacial score (nSPS) is 19.9. The van der Waals surface area contributed by atoms with Crippen LogP contribution in [0.4, 0.5) is 5.69 Å². The molecule has 1 aromatic rings. The Bertz CT molecular complexity index is 581. The average molecular weight is 340 g/mol. The maximum absolute atomic E-state index is 12.4. The van der Waals surface area contributed by atoms with Crippen molar-refractivity contribution in [2.75, 3.05) is 31.1 Å². The maximum atomic E-state index is 12.4. The molecule has 1 aromatic carbocycles. The van der Waals surface area contributed by atoms with Gasteiger partial charge in [0.2, 0.25) is 5.91 Å². The number of halogens is 1. The molecule has 0 spiro atoms. The highest BCUT2D eigenvalue weighted by Gasteiger charge is 2.29. The molecule has 0 radical (unpaired) electrons. The van der Waals surface area contributed by atoms with Crippen LogP contribution in [0.1, 0.15) is 19.3 Å². The predicted octanol–water partition coefficient (Wildman–Crippen LogP) is 1.17. The molecule has 0 aliphatic carbocycles. The molecule has 6 nitrogen and oxygen atoms in total. The van der Waals surface area contributed by atoms with Crippen molar-refractivity contribution in [2.45, 2.75) is 25.3 Å². The predicted molar refractivity (Wildman–Crippen MR) is 89.9 cm³/mol. The fourth-order valence-corrected chi connectivity index (χ4v) is 3.16. The van der Waals surface area contributed by atoms with E-state index in [0.29, 0.717) is 25.3 Å². The Morgan fingerprint density at radius 1 is 1.35 bits per heavy atom. The number of fused-ring (bicyclic) bond motifs is 1. The number of carbonyl (C=O) groups is 2. The number of amides is 2. The van der Waals surface area contributed by atoms with E-state index in [2.05, 4.69) is 0 Å². The lowest BCUT2D eigenvalue weighted by molar-refractivity contribution is -0.131. The fraction of sp³-hybridized carbons (Fsp3) is 0.500. The van der Waals surface area contributed by atoms with Crippen molar-refractivity contribution >= 4 is 29.9 Å². The van der Waals surface area contributed by atoms with Crippen LogP contribution in [0, 0.1) is 0 Å². The van der Waals surface area contributed by atoms with Gasteiger partial charge >= 0.3 is 0 Å². The molecule has 1 saturated heterocycles. The molecule has 2 aliphatic heterocycles. The summed E-state index contributed by atoms with van der Waals surface area (Å²) in [4.78, 5) is 27.9. The molecular formula is C16H22ClN3O3. The van der Waals surface area contributed by atoms with Crippen LogP contribution in [0.25, 0.3) is 0 Å². The SMILES string of the molecule is Cl.NCC1CCCN1C(=O)CCN1C(=O)COc2ccccc21. The van der Waals surface area contributed by atoms with E-state index in [1.54, 1.807) is 4.90 Å². The van der Waals surface area contributed by atoms with Crippen molar-refractivity contribution in [1.82, 2.24) is 4.90 Å². The summed E-state index contributed by atoms with van der Waals surface area (Å²) in [5, 5.41) is 0. The number of nitrogens with zero attached hydrogens (tertiary/aromatic N) is 2. The van der Waals surface area contributed by atoms with Gasteiger partial charge < -0.3 is 20.3 Å². The second-order valence-electron chi connectivity index (χ2n) is 5.67. The van der Waals surface area contributed by atoms with Crippen LogP contribution >= 0.6 is 12.4 Å². The van der Waals surface area contributed by atoms with E-state index < -0.39 is 0 Å². The number of nitrogens with two attached hydrogens (primary N) is 1. The van der Waals surface area contributed by atoms with E-state index >= 15 is 0 Å². The molecule has 1 fully saturated rings. The van der Waals surface area contributed by atoms with E-state index in [-0.39, 0.29) is 36.9 Å². The molecule has 23 heavy (non-hydrogen) atoms. The van der Waals surface area contributed by atoms with Crippen molar-refractivity contribution in [1.29, 1.82) is 0 Å². The van der Waals surface area contributed by atoms with Crippen molar-refractivity contribution in [3.63, 3.8) is 0 Å². The Labute approximate surface area is 142 Å². The van der Waals surface area contributed by atoms with E-state index in [4.69, 9.17) is 10.5 Å². The molecule has 126 valence electrons. The smallest absolute Gasteiger partial charge is 0.265 e. The zero-order valence-corrected chi connectivity index (χ0v) is 13.8. The summed E-state index contributed by atoms with van der Waals surface area (Å²) in [7, 11) is 0. The summed E-state index contributed by atoms with van der Waals surface area (Å²) < 4.78 is 5.40. The minimum atomic E-state index is -0.108. The molecule has 2 amide bonds. The monoisotopic (exact) mass is 339 g/mol. The Balaban J connectivity index is 0.00000192. The lowest BCUT2D eigenvalue weighted by atomic mass is 10.2. The van der Waals surface area contributed by atoms with Gasteiger partial charge in [-0.05, 0) is 25.0 Å². The molecule has 2 heterocycles. The molecular weight excluding hydrogens is 318 g/mol. The first-order valence-electron chi connectivity index (χ1n) is 7.72. The fourth-order valence-electron chi connectivity index (χ4n) is 3.16. The minimum absolute atomic E-state index is 0. The minimum Gasteiger partial charge on any atom is -0.482 e. The van der Waals surface area contributed by atoms with Crippen LogP contribution in [-0.4, -0.2) is 49.0 Å². The van der Waals surface area contributed by atoms with Crippen LogP contribution < -0.4 is 15.4 Å². The number of carbonyl (C=O) groups excluding carboxylic acids is 2. The highest BCUT2D eigenvalue weighted by atomic mass is 35.5. The van der Waals surface area contributed by atoms with Gasteiger partial charge in [-0.2, -0.15) is 0 Å². The number of anilines is 1. The number of rotatable bonds is 4. The first-order valence-corrected chi connectivity index (χ1v) is 7.72. The Morgan fingerprint density at radius 2 is 2.13 bits per heavy atom. The first-order chi connectivity index (χ1) is 10.7. The number of hydrogen-bond acceptors (Lipinski definition) is 4. The molecule has 7 heteroatoms. The van der Waals surface area contributed by atoms with Gasteiger partial charge in [-0.1, -0.05) is 12.1 Å². The second kappa shape index (κ2) is 7.66. The topological polar surface area (TPSA) is 75.9 Å². The van der Waals surface area contributed by atoms with Crippen LogP contribution in [-0.2, 0) is 9.59 Å². The quantitative estimate of drug-likeness (QED) is 0.893. The Kier molecular flexibility index (Phi) is 5.85. The maximum Gasteiger partial charge on any atom is 0.265 e. The van der Waals surface area contributed by atoms with Crippen LogP contribution in [0.3, 0.4) is 0 Å². The third kappa shape index (κ3) is 3.59. The summed E-state index contributed by atoms with van der Waals surface area (Å²) in [6.45, 7) is 1.69. The van der Waals surface area contributed by atoms with E-state index in [0.717, 1.165) is 25.1 Å². The summed E-state index contributed by atoms with van der Waals surface area (Å²) in [6, 6.07) is 7.56. The Hall–Kier alpha value is -1.79. The number of ether oxygens (including phenoxy) is 1. The van der Waals surface area contributed by atoms with Gasteiger partial charge in [0.1, 0.15) is 5.75 Å². The lowest BCUT2D eigenvalue weighted by Crippen LogP contribution is -2.44. The largest absolute Gasteiger partial charge is 0.482 e. The standard InChI is InChI=1S/C16H21N3O3.ClH/c17-10-12-4-3-8-18(12)15(20)7-9-19-13-5-1-2-6-14(13)22-11-16(19)21;/h1-2,5-6,12H,3-4,7-11,17H2;1H. The van der Waals surface area contributed by atoms with Crippen LogP contribution in [0.15, 0.2) is 24.3 Å². The molecule has 1 atom stereocenters. The zero-order chi connectivity index (χ0) is 15.5. The van der Waals surface area contributed by atoms with Gasteiger partial charge in [0.15, 0.2) is 6.61 Å². The zero-order valence-electron chi connectivity index (χ0n) is 12.9. The molecule has 3 rings (SSSR count). The van der Waals surface area contributed by atoms with Crippen molar-refractivity contribution in [3.8, 4) is 5.75 Å². The van der Waals surface area contributed by atoms with Gasteiger partial charge in [-0.25, -0.2) is 0 Å². The summed E-state index contributed by atoms with van der Waals surface area (Å²) in [5.41, 5.74) is 6.45. The van der Waals surface area contributed by atoms with Gasteiger partial charge in [0.05, 0.1) is 5.69 Å². The third-order valence-corrected chi connectivity index (χ3v) is 4.33. The van der Waals surface area contributed by atoms with E-state index in [1.807, 2.05) is 29.2 Å². The van der Waals surface area contributed by atoms with Crippen molar-refractivity contribution in [3.05, 3.63) is 24.3 Å². The van der Waals surface area contributed by atoms with Crippen LogP contribution in [0.2, 0.25) is 0 Å². The Morgan fingerprint density at radius 3 is 2.91 bits per heavy atom. The summed E-state index contributed by atoms with van der Waals surface area (Å²) >= 11 is 0. The van der Waals surface area contributed by atoms with Gasteiger partial charge in [0.25, 0.3) is 5.91 Å². The van der Waals surface area contributed by atoms with Gasteiger partial charge in [-0.3, -0.25) is 9.59 Å². The summed E-state index contributed by atoms with van der Waals surface area (Å²) in [6.07, 6.45) is 2.30. The molecule has 1 unspecified atom stereocenters. The van der Waals surface area contributed by atoms with E-state index in [9.17, 15) is 9.59 Å². The van der Waals surface area contributed by atoms with E-state index in [1.165, 1.54) is 0 Å². The molecule has 0 saturated carbocycles. The highest BCUT2D eigenvalue weighted by molar-refractivity contribution is 5.98. The molecule has 0 aromatic heterocycles. The second-order valence-corrected chi connectivity index (χ2v) is 5.67. The lowest BCUT2D eigenvalue weighted by Gasteiger charge is -2.30. The van der Waals surface area contributed by atoms with Crippen molar-refractivity contribution in [2.24, 2.45) is 5.73 Å². The summed E-state index contributed by atoms with van der Waals surface area (Å²) in [5.74, 6) is 0.656. The van der Waals surface area contributed by atoms with Gasteiger partial charge in [0, 0.05) is 32.1 Å². The number of hydrogen-bond donors (Lipinski definition) is 1. The first kappa shape index (κ1) is 17.6. The number of benzene rings is 1.